The molecule has 1 aliphatic heterocycles. The molecule has 0 aromatic heterocycles. The summed E-state index contributed by atoms with van der Waals surface area (Å²) >= 11 is 0. The van der Waals surface area contributed by atoms with Gasteiger partial charge in [-0.1, -0.05) is 29.8 Å². The van der Waals surface area contributed by atoms with Crippen molar-refractivity contribution in [3.8, 4) is 0 Å². The topological polar surface area (TPSA) is 74.8 Å². The van der Waals surface area contributed by atoms with Gasteiger partial charge in [-0.2, -0.15) is 0 Å². The maximum Gasteiger partial charge on any atom is 0.256 e. The number of carbonyl (C=O) groups is 2. The fraction of sp³-hybridized carbons (Fsp3) is 0.231. The lowest BCUT2D eigenvalue weighted by Gasteiger charge is -2.35. The summed E-state index contributed by atoms with van der Waals surface area (Å²) in [5.74, 6) is -2.64. The number of carbonyl (C=O) groups excluding carboxylic acids is 2. The minimum atomic E-state index is -3.51. The SMILES string of the molecule is Cc1ccc(S(=O)(=O)Cc2ccc(C(=O)N3CCN(C(=O)c4ccc(F)cc4F)CC3)cc2)cc1. The second-order valence-electron chi connectivity index (χ2n) is 8.48. The largest absolute Gasteiger partial charge is 0.335 e. The number of sulfone groups is 1. The Kier molecular flexibility index (Phi) is 6.98. The van der Waals surface area contributed by atoms with Crippen LogP contribution in [-0.4, -0.2) is 56.2 Å². The van der Waals surface area contributed by atoms with E-state index in [0.717, 1.165) is 17.7 Å². The Balaban J connectivity index is 1.36. The fourth-order valence-electron chi connectivity index (χ4n) is 3.92. The van der Waals surface area contributed by atoms with Crippen molar-refractivity contribution >= 4 is 21.7 Å². The monoisotopic (exact) mass is 498 g/mol. The second kappa shape index (κ2) is 9.95. The number of halogens is 2. The molecule has 0 saturated carbocycles. The molecule has 35 heavy (non-hydrogen) atoms. The van der Waals surface area contributed by atoms with Crippen molar-refractivity contribution in [2.24, 2.45) is 0 Å². The number of piperazine rings is 1. The van der Waals surface area contributed by atoms with E-state index in [4.69, 9.17) is 0 Å². The number of nitrogens with zero attached hydrogens (tertiary/aromatic N) is 2. The van der Waals surface area contributed by atoms with Gasteiger partial charge in [0.25, 0.3) is 11.8 Å². The highest BCUT2D eigenvalue weighted by Gasteiger charge is 2.27. The molecule has 0 spiro atoms. The smallest absolute Gasteiger partial charge is 0.256 e. The number of hydrogen-bond donors (Lipinski definition) is 0. The molecule has 3 aromatic carbocycles. The molecule has 1 saturated heterocycles. The molecule has 2 amide bonds. The summed E-state index contributed by atoms with van der Waals surface area (Å²) in [7, 11) is -3.51. The highest BCUT2D eigenvalue weighted by Crippen LogP contribution is 2.19. The van der Waals surface area contributed by atoms with E-state index >= 15 is 0 Å². The van der Waals surface area contributed by atoms with Crippen LogP contribution in [-0.2, 0) is 15.6 Å². The minimum Gasteiger partial charge on any atom is -0.335 e. The summed E-state index contributed by atoms with van der Waals surface area (Å²) in [6.07, 6.45) is 0. The van der Waals surface area contributed by atoms with Gasteiger partial charge in [0.05, 0.1) is 16.2 Å². The Morgan fingerprint density at radius 2 is 1.37 bits per heavy atom. The molecule has 0 atom stereocenters. The quantitative estimate of drug-likeness (QED) is 0.536. The third-order valence-corrected chi connectivity index (χ3v) is 7.66. The standard InChI is InChI=1S/C26H24F2N2O4S/c1-18-2-9-22(10-3-18)35(33,34)17-19-4-6-20(7-5-19)25(31)29-12-14-30(15-13-29)26(32)23-11-8-21(27)16-24(23)28/h2-11,16H,12-15,17H2,1H3. The Bertz CT molecular complexity index is 1350. The predicted octanol–water partition coefficient (Wildman–Crippen LogP) is 3.85. The first-order chi connectivity index (χ1) is 16.6. The van der Waals surface area contributed by atoms with Gasteiger partial charge in [0.1, 0.15) is 11.6 Å². The Labute approximate surface area is 202 Å². The predicted molar refractivity (Wildman–Crippen MR) is 127 cm³/mol. The van der Waals surface area contributed by atoms with Gasteiger partial charge in [-0.15, -0.1) is 0 Å². The number of amides is 2. The first-order valence-electron chi connectivity index (χ1n) is 11.1. The molecule has 1 heterocycles. The van der Waals surface area contributed by atoms with Gasteiger partial charge in [-0.05, 0) is 48.9 Å². The van der Waals surface area contributed by atoms with Crippen LogP contribution in [0.25, 0.3) is 0 Å². The molecular weight excluding hydrogens is 474 g/mol. The van der Waals surface area contributed by atoms with E-state index in [1.54, 1.807) is 53.4 Å². The third-order valence-electron chi connectivity index (χ3n) is 5.95. The summed E-state index contributed by atoms with van der Waals surface area (Å²) < 4.78 is 52.4. The maximum absolute atomic E-state index is 13.9. The first kappa shape index (κ1) is 24.5. The van der Waals surface area contributed by atoms with E-state index in [-0.39, 0.29) is 48.3 Å². The number of rotatable bonds is 5. The van der Waals surface area contributed by atoms with Crippen LogP contribution >= 0.6 is 0 Å². The zero-order valence-corrected chi connectivity index (χ0v) is 19.9. The van der Waals surface area contributed by atoms with Crippen LogP contribution < -0.4 is 0 Å². The molecular formula is C26H24F2N2O4S. The average molecular weight is 499 g/mol. The molecule has 3 aromatic rings. The third kappa shape index (κ3) is 5.57. The van der Waals surface area contributed by atoms with E-state index in [9.17, 15) is 26.8 Å². The second-order valence-corrected chi connectivity index (χ2v) is 10.5. The summed E-state index contributed by atoms with van der Waals surface area (Å²) in [4.78, 5) is 28.7. The van der Waals surface area contributed by atoms with E-state index in [1.165, 1.54) is 4.90 Å². The Morgan fingerprint density at radius 1 is 0.800 bits per heavy atom. The van der Waals surface area contributed by atoms with Crippen molar-refractivity contribution in [2.75, 3.05) is 26.2 Å². The zero-order chi connectivity index (χ0) is 25.2. The van der Waals surface area contributed by atoms with Crippen LogP contribution in [0.5, 0.6) is 0 Å². The lowest BCUT2D eigenvalue weighted by molar-refractivity contribution is 0.0532. The fourth-order valence-corrected chi connectivity index (χ4v) is 5.27. The van der Waals surface area contributed by atoms with E-state index in [0.29, 0.717) is 17.2 Å². The van der Waals surface area contributed by atoms with E-state index in [2.05, 4.69) is 0 Å². The molecule has 0 bridgehead atoms. The van der Waals surface area contributed by atoms with Crippen LogP contribution in [0.3, 0.4) is 0 Å². The average Bonchev–Trinajstić information content (AvgIpc) is 2.84. The van der Waals surface area contributed by atoms with Crippen LogP contribution in [0.4, 0.5) is 8.78 Å². The highest BCUT2D eigenvalue weighted by atomic mass is 32.2. The number of aryl methyl sites for hydroxylation is 1. The van der Waals surface area contributed by atoms with E-state index < -0.39 is 27.4 Å². The first-order valence-corrected chi connectivity index (χ1v) is 12.7. The van der Waals surface area contributed by atoms with Crippen molar-refractivity contribution in [3.05, 3.63) is 101 Å². The number of benzene rings is 3. The zero-order valence-electron chi connectivity index (χ0n) is 19.1. The molecule has 0 N–H and O–H groups in total. The lowest BCUT2D eigenvalue weighted by atomic mass is 10.1. The van der Waals surface area contributed by atoms with Crippen LogP contribution in [0.2, 0.25) is 0 Å². The molecule has 0 radical (unpaired) electrons. The molecule has 0 unspecified atom stereocenters. The molecule has 6 nitrogen and oxygen atoms in total. The van der Waals surface area contributed by atoms with Crippen molar-refractivity contribution in [3.63, 3.8) is 0 Å². The Morgan fingerprint density at radius 3 is 1.94 bits per heavy atom. The normalized spacial score (nSPS) is 14.1. The Hall–Kier alpha value is -3.59. The van der Waals surface area contributed by atoms with Crippen LogP contribution in [0.1, 0.15) is 31.8 Å². The summed E-state index contributed by atoms with van der Waals surface area (Å²) in [5, 5.41) is 0. The van der Waals surface area contributed by atoms with Crippen LogP contribution in [0.15, 0.2) is 71.6 Å². The van der Waals surface area contributed by atoms with E-state index in [1.807, 2.05) is 6.92 Å². The highest BCUT2D eigenvalue weighted by molar-refractivity contribution is 7.90. The van der Waals surface area contributed by atoms with Gasteiger partial charge in [-0.25, -0.2) is 17.2 Å². The van der Waals surface area contributed by atoms with Gasteiger partial charge < -0.3 is 9.80 Å². The minimum absolute atomic E-state index is 0.175. The molecule has 182 valence electrons. The molecule has 1 fully saturated rings. The summed E-state index contributed by atoms with van der Waals surface area (Å²) in [6, 6.07) is 15.9. The van der Waals surface area contributed by atoms with Gasteiger partial charge in [0.2, 0.25) is 0 Å². The lowest BCUT2D eigenvalue weighted by Crippen LogP contribution is -2.50. The van der Waals surface area contributed by atoms with Crippen molar-refractivity contribution in [1.29, 1.82) is 0 Å². The van der Waals surface area contributed by atoms with Crippen molar-refractivity contribution < 1.29 is 26.8 Å². The molecule has 1 aliphatic rings. The molecule has 9 heteroatoms. The maximum atomic E-state index is 13.9. The van der Waals surface area contributed by atoms with Gasteiger partial charge >= 0.3 is 0 Å². The molecule has 4 rings (SSSR count). The molecule has 0 aliphatic carbocycles. The van der Waals surface area contributed by atoms with Crippen molar-refractivity contribution in [1.82, 2.24) is 9.80 Å². The number of hydrogen-bond acceptors (Lipinski definition) is 4. The van der Waals surface area contributed by atoms with Crippen molar-refractivity contribution in [2.45, 2.75) is 17.6 Å². The van der Waals surface area contributed by atoms with Gasteiger partial charge in [0, 0.05) is 37.8 Å². The summed E-state index contributed by atoms with van der Waals surface area (Å²) in [6.45, 7) is 2.84. The summed E-state index contributed by atoms with van der Waals surface area (Å²) in [5.41, 5.74) is 1.74. The van der Waals surface area contributed by atoms with Crippen LogP contribution in [0, 0.1) is 18.6 Å². The van der Waals surface area contributed by atoms with Gasteiger partial charge in [0.15, 0.2) is 9.84 Å². The van der Waals surface area contributed by atoms with Gasteiger partial charge in [-0.3, -0.25) is 9.59 Å².